The van der Waals surface area contributed by atoms with Crippen molar-refractivity contribution in [2.24, 2.45) is 11.0 Å². The molecular weight excluding hydrogens is 328 g/mol. The van der Waals surface area contributed by atoms with Crippen molar-refractivity contribution in [3.63, 3.8) is 0 Å². The van der Waals surface area contributed by atoms with Crippen LogP contribution in [-0.4, -0.2) is 33.6 Å². The lowest BCUT2D eigenvalue weighted by molar-refractivity contribution is -0.312. The third-order valence-electron chi connectivity index (χ3n) is 4.58. The molecule has 0 aromatic heterocycles. The first-order valence-corrected chi connectivity index (χ1v) is 7.72. The number of benzene rings is 1. The Bertz CT molecular complexity index is 689. The average Bonchev–Trinajstić information content (AvgIpc) is 2.68. The van der Waals surface area contributed by atoms with Gasteiger partial charge < -0.3 is 5.11 Å². The van der Waals surface area contributed by atoms with Crippen molar-refractivity contribution >= 4 is 11.6 Å². The Hall–Kier alpha value is -1.96. The van der Waals surface area contributed by atoms with Crippen LogP contribution in [-0.2, 0) is 0 Å². The summed E-state index contributed by atoms with van der Waals surface area (Å²) in [5.41, 5.74) is -3.84. The van der Waals surface area contributed by atoms with Crippen molar-refractivity contribution in [3.8, 4) is 0 Å². The Kier molecular flexibility index (Phi) is 4.11. The van der Waals surface area contributed by atoms with E-state index in [2.05, 4.69) is 5.10 Å². The van der Waals surface area contributed by atoms with Gasteiger partial charge in [-0.3, -0.25) is 4.79 Å². The molecule has 1 aliphatic carbocycles. The van der Waals surface area contributed by atoms with E-state index in [0.29, 0.717) is 12.8 Å². The average molecular weight is 344 g/mol. The van der Waals surface area contributed by atoms with Crippen LogP contribution < -0.4 is 0 Å². The van der Waals surface area contributed by atoms with Crippen LogP contribution in [0.1, 0.15) is 42.5 Å². The fraction of sp³-hybridized carbons (Fsp3) is 0.500. The number of rotatable bonds is 1. The van der Waals surface area contributed by atoms with E-state index in [1.165, 1.54) is 12.1 Å². The summed E-state index contributed by atoms with van der Waals surface area (Å²) >= 11 is 0. The maximum absolute atomic E-state index is 13.8. The first kappa shape index (κ1) is 16.9. The van der Waals surface area contributed by atoms with Gasteiger partial charge in [0.2, 0.25) is 0 Å². The second kappa shape index (κ2) is 5.84. The van der Waals surface area contributed by atoms with Crippen LogP contribution in [0.15, 0.2) is 29.4 Å². The molecule has 1 aromatic rings. The molecule has 0 radical (unpaired) electrons. The molecule has 0 bridgehead atoms. The SMILES string of the molecule is O=C(c1ccccc1F)N1N=C2CCCCC[C@@H]2[C@@]1(O)C(F)(F)F. The van der Waals surface area contributed by atoms with Gasteiger partial charge in [0, 0.05) is 5.71 Å². The molecular formula is C16H16F4N2O2. The molecule has 1 fully saturated rings. The minimum Gasteiger partial charge on any atom is -0.362 e. The normalized spacial score (nSPS) is 27.5. The smallest absolute Gasteiger partial charge is 0.362 e. The van der Waals surface area contributed by atoms with Gasteiger partial charge >= 0.3 is 6.18 Å². The fourth-order valence-corrected chi connectivity index (χ4v) is 3.34. The highest BCUT2D eigenvalue weighted by Crippen LogP contribution is 2.48. The second-order valence-corrected chi connectivity index (χ2v) is 6.06. The summed E-state index contributed by atoms with van der Waals surface area (Å²) in [5, 5.41) is 14.3. The number of aliphatic hydroxyl groups is 1. The third kappa shape index (κ3) is 2.49. The van der Waals surface area contributed by atoms with Gasteiger partial charge in [-0.1, -0.05) is 25.0 Å². The lowest BCUT2D eigenvalue weighted by Gasteiger charge is -2.37. The molecule has 0 saturated heterocycles. The summed E-state index contributed by atoms with van der Waals surface area (Å²) in [6.07, 6.45) is -2.85. The van der Waals surface area contributed by atoms with Crippen LogP contribution in [0, 0.1) is 11.7 Å². The molecule has 4 nitrogen and oxygen atoms in total. The summed E-state index contributed by atoms with van der Waals surface area (Å²) in [6.45, 7) is 0. The molecule has 0 unspecified atom stereocenters. The molecule has 3 rings (SSSR count). The molecule has 2 aliphatic rings. The summed E-state index contributed by atoms with van der Waals surface area (Å²) in [6, 6.07) is 4.70. The van der Waals surface area contributed by atoms with Crippen molar-refractivity contribution in [2.75, 3.05) is 0 Å². The molecule has 1 amide bonds. The summed E-state index contributed by atoms with van der Waals surface area (Å²) in [4.78, 5) is 12.5. The predicted molar refractivity (Wildman–Crippen MR) is 77.6 cm³/mol. The van der Waals surface area contributed by atoms with E-state index in [1.807, 2.05) is 0 Å². The molecule has 130 valence electrons. The highest BCUT2D eigenvalue weighted by Gasteiger charge is 2.68. The van der Waals surface area contributed by atoms with Crippen LogP contribution in [0.3, 0.4) is 0 Å². The van der Waals surface area contributed by atoms with Crippen molar-refractivity contribution in [3.05, 3.63) is 35.6 Å². The van der Waals surface area contributed by atoms with Gasteiger partial charge in [0.1, 0.15) is 5.82 Å². The third-order valence-corrected chi connectivity index (χ3v) is 4.58. The number of carbonyl (C=O) groups is 1. The minimum atomic E-state index is -5.10. The number of hydrazone groups is 1. The van der Waals surface area contributed by atoms with Crippen LogP contribution in [0.2, 0.25) is 0 Å². The van der Waals surface area contributed by atoms with Crippen molar-refractivity contribution in [1.29, 1.82) is 0 Å². The van der Waals surface area contributed by atoms with Crippen molar-refractivity contribution < 1.29 is 27.5 Å². The van der Waals surface area contributed by atoms with Crippen LogP contribution in [0.4, 0.5) is 17.6 Å². The lowest BCUT2D eigenvalue weighted by Crippen LogP contribution is -2.61. The minimum absolute atomic E-state index is 0.0245. The molecule has 1 aromatic carbocycles. The van der Waals surface area contributed by atoms with Crippen molar-refractivity contribution in [1.82, 2.24) is 5.01 Å². The van der Waals surface area contributed by atoms with Gasteiger partial charge in [0.15, 0.2) is 0 Å². The monoisotopic (exact) mass is 344 g/mol. The number of alkyl halides is 3. The number of halogens is 4. The quantitative estimate of drug-likeness (QED) is 0.793. The van der Waals surface area contributed by atoms with Gasteiger partial charge in [-0.2, -0.15) is 23.3 Å². The van der Waals surface area contributed by atoms with Crippen molar-refractivity contribution in [2.45, 2.75) is 44.0 Å². The summed E-state index contributed by atoms with van der Waals surface area (Å²) in [5.74, 6) is -3.57. The number of fused-ring (bicyclic) bond motifs is 1. The number of hydrogen-bond donors (Lipinski definition) is 1. The predicted octanol–water partition coefficient (Wildman–Crippen LogP) is 3.47. The van der Waals surface area contributed by atoms with E-state index in [1.54, 1.807) is 0 Å². The zero-order chi connectivity index (χ0) is 17.5. The summed E-state index contributed by atoms with van der Waals surface area (Å²) in [7, 11) is 0. The van der Waals surface area contributed by atoms with E-state index in [9.17, 15) is 27.5 Å². The highest BCUT2D eigenvalue weighted by atomic mass is 19.4. The Morgan fingerprint density at radius 1 is 1.25 bits per heavy atom. The molecule has 1 heterocycles. The Balaban J connectivity index is 2.07. The van der Waals surface area contributed by atoms with Gasteiger partial charge in [-0.05, 0) is 31.4 Å². The Labute approximate surface area is 135 Å². The van der Waals surface area contributed by atoms with Gasteiger partial charge in [0.25, 0.3) is 11.6 Å². The fourth-order valence-electron chi connectivity index (χ4n) is 3.34. The molecule has 1 saturated carbocycles. The van der Waals surface area contributed by atoms with Gasteiger partial charge in [-0.15, -0.1) is 0 Å². The standard InChI is InChI=1S/C16H16F4N2O2/c17-12-8-5-4-6-10(12)14(23)22-15(24,16(18,19)20)11-7-2-1-3-9-13(11)21-22/h4-6,8,11,24H,1-3,7,9H2/t11-,15+/m0/s1. The second-order valence-electron chi connectivity index (χ2n) is 6.06. The largest absolute Gasteiger partial charge is 0.439 e. The number of amides is 1. The van der Waals surface area contributed by atoms with E-state index in [0.717, 1.165) is 18.6 Å². The highest BCUT2D eigenvalue weighted by molar-refractivity contribution is 5.99. The maximum Gasteiger partial charge on any atom is 0.439 e. The lowest BCUT2D eigenvalue weighted by atomic mass is 9.87. The van der Waals surface area contributed by atoms with E-state index in [4.69, 9.17) is 0 Å². The molecule has 1 N–H and O–H groups in total. The number of carbonyl (C=O) groups excluding carboxylic acids is 1. The summed E-state index contributed by atoms with van der Waals surface area (Å²) < 4.78 is 54.8. The Morgan fingerprint density at radius 2 is 1.96 bits per heavy atom. The number of hydrogen-bond acceptors (Lipinski definition) is 3. The zero-order valence-corrected chi connectivity index (χ0v) is 12.7. The topological polar surface area (TPSA) is 52.9 Å². The van der Waals surface area contributed by atoms with Crippen LogP contribution in [0.5, 0.6) is 0 Å². The molecule has 24 heavy (non-hydrogen) atoms. The number of nitrogens with zero attached hydrogens (tertiary/aromatic N) is 2. The molecule has 0 spiro atoms. The zero-order valence-electron chi connectivity index (χ0n) is 12.7. The van der Waals surface area contributed by atoms with Crippen LogP contribution in [0.25, 0.3) is 0 Å². The first-order chi connectivity index (χ1) is 11.3. The maximum atomic E-state index is 13.8. The van der Waals surface area contributed by atoms with Gasteiger partial charge in [0.05, 0.1) is 11.5 Å². The van der Waals surface area contributed by atoms with E-state index < -0.39 is 35.1 Å². The van der Waals surface area contributed by atoms with Gasteiger partial charge in [-0.25, -0.2) is 4.39 Å². The molecule has 1 aliphatic heterocycles. The molecule has 8 heteroatoms. The molecule has 2 atom stereocenters. The van der Waals surface area contributed by atoms with Crippen LogP contribution >= 0.6 is 0 Å². The van der Waals surface area contributed by atoms with E-state index in [-0.39, 0.29) is 23.6 Å². The Morgan fingerprint density at radius 3 is 2.62 bits per heavy atom. The first-order valence-electron chi connectivity index (χ1n) is 7.72. The van der Waals surface area contributed by atoms with E-state index >= 15 is 0 Å².